The van der Waals surface area contributed by atoms with Crippen molar-refractivity contribution in [2.75, 3.05) is 16.8 Å². The second-order valence-corrected chi connectivity index (χ2v) is 6.79. The third kappa shape index (κ3) is 2.55. The molecule has 1 aliphatic rings. The number of nitrogens with one attached hydrogen (secondary N) is 1. The fourth-order valence-electron chi connectivity index (χ4n) is 2.02. The Bertz CT molecular complexity index is 494. The van der Waals surface area contributed by atoms with Crippen molar-refractivity contribution in [2.24, 2.45) is 0 Å². The Morgan fingerprint density at radius 1 is 1.31 bits per heavy atom. The molecule has 1 fully saturated rings. The van der Waals surface area contributed by atoms with E-state index in [1.54, 1.807) is 0 Å². The highest BCUT2D eigenvalue weighted by molar-refractivity contribution is 7.91. The van der Waals surface area contributed by atoms with E-state index in [9.17, 15) is 8.42 Å². The van der Waals surface area contributed by atoms with Crippen LogP contribution in [-0.2, 0) is 9.84 Å². The van der Waals surface area contributed by atoms with Crippen LogP contribution < -0.4 is 5.32 Å². The molecule has 16 heavy (non-hydrogen) atoms. The maximum Gasteiger partial charge on any atom is 0.152 e. The molecule has 0 spiro atoms. The van der Waals surface area contributed by atoms with Gasteiger partial charge in [-0.15, -0.1) is 0 Å². The number of hydrogen-bond donors (Lipinski definition) is 1. The van der Waals surface area contributed by atoms with Crippen LogP contribution in [0.1, 0.15) is 17.5 Å². The summed E-state index contributed by atoms with van der Waals surface area (Å²) in [5.41, 5.74) is 3.41. The fraction of sp³-hybridized carbons (Fsp3) is 0.500. The molecule has 1 aromatic carbocycles. The molecule has 1 saturated heterocycles. The van der Waals surface area contributed by atoms with Gasteiger partial charge in [0, 0.05) is 11.7 Å². The van der Waals surface area contributed by atoms with E-state index in [4.69, 9.17) is 0 Å². The first kappa shape index (κ1) is 11.5. The second kappa shape index (κ2) is 4.09. The van der Waals surface area contributed by atoms with Crippen LogP contribution in [0.3, 0.4) is 0 Å². The van der Waals surface area contributed by atoms with E-state index in [1.807, 2.05) is 13.8 Å². The van der Waals surface area contributed by atoms with Gasteiger partial charge in [-0.05, 0) is 37.5 Å². The molecular formula is C12H17NO2S. The summed E-state index contributed by atoms with van der Waals surface area (Å²) in [5, 5.41) is 3.33. The van der Waals surface area contributed by atoms with Crippen LogP contribution in [0, 0.1) is 13.8 Å². The molecule has 1 aliphatic heterocycles. The van der Waals surface area contributed by atoms with Gasteiger partial charge in [0.05, 0.1) is 11.5 Å². The molecule has 0 aliphatic carbocycles. The highest BCUT2D eigenvalue weighted by atomic mass is 32.2. The number of anilines is 1. The quantitative estimate of drug-likeness (QED) is 0.857. The van der Waals surface area contributed by atoms with Gasteiger partial charge in [-0.1, -0.05) is 12.1 Å². The minimum absolute atomic E-state index is 0.0745. The molecule has 1 heterocycles. The maximum absolute atomic E-state index is 11.3. The van der Waals surface area contributed by atoms with Gasteiger partial charge in [-0.25, -0.2) is 8.42 Å². The van der Waals surface area contributed by atoms with E-state index in [0.717, 1.165) is 17.7 Å². The summed E-state index contributed by atoms with van der Waals surface area (Å²) in [7, 11) is -2.80. The van der Waals surface area contributed by atoms with Gasteiger partial charge in [0.15, 0.2) is 9.84 Å². The van der Waals surface area contributed by atoms with Crippen molar-refractivity contribution < 1.29 is 8.42 Å². The topological polar surface area (TPSA) is 46.2 Å². The van der Waals surface area contributed by atoms with Crippen molar-refractivity contribution in [1.29, 1.82) is 0 Å². The summed E-state index contributed by atoms with van der Waals surface area (Å²) in [6, 6.07) is 6.26. The zero-order valence-electron chi connectivity index (χ0n) is 9.66. The molecule has 0 radical (unpaired) electrons. The van der Waals surface area contributed by atoms with Crippen molar-refractivity contribution in [1.82, 2.24) is 0 Å². The first-order valence-electron chi connectivity index (χ1n) is 5.50. The lowest BCUT2D eigenvalue weighted by Gasteiger charge is -2.15. The average molecular weight is 239 g/mol. The SMILES string of the molecule is Cc1ccc(C)c(NC2CCS(=O)(=O)C2)c1. The largest absolute Gasteiger partial charge is 0.381 e. The van der Waals surface area contributed by atoms with E-state index in [-0.39, 0.29) is 11.8 Å². The van der Waals surface area contributed by atoms with Crippen LogP contribution in [0.25, 0.3) is 0 Å². The summed E-state index contributed by atoms with van der Waals surface area (Å²) >= 11 is 0. The molecule has 4 heteroatoms. The van der Waals surface area contributed by atoms with Crippen molar-refractivity contribution in [2.45, 2.75) is 26.3 Å². The zero-order chi connectivity index (χ0) is 11.8. The van der Waals surface area contributed by atoms with Crippen LogP contribution in [0.4, 0.5) is 5.69 Å². The molecule has 1 aromatic rings. The monoisotopic (exact) mass is 239 g/mol. The van der Waals surface area contributed by atoms with E-state index < -0.39 is 9.84 Å². The van der Waals surface area contributed by atoms with Crippen molar-refractivity contribution in [3.8, 4) is 0 Å². The average Bonchev–Trinajstić information content (AvgIpc) is 2.52. The molecule has 3 nitrogen and oxygen atoms in total. The predicted molar refractivity (Wildman–Crippen MR) is 66.6 cm³/mol. The number of aryl methyl sites for hydroxylation is 2. The van der Waals surface area contributed by atoms with Crippen LogP contribution in [0.15, 0.2) is 18.2 Å². The lowest BCUT2D eigenvalue weighted by molar-refractivity contribution is 0.602. The van der Waals surface area contributed by atoms with Crippen LogP contribution >= 0.6 is 0 Å². The summed E-state index contributed by atoms with van der Waals surface area (Å²) in [6.07, 6.45) is 0.718. The molecule has 88 valence electrons. The van der Waals surface area contributed by atoms with Gasteiger partial charge in [-0.2, -0.15) is 0 Å². The Morgan fingerprint density at radius 2 is 2.06 bits per heavy atom. The molecule has 0 bridgehead atoms. The minimum atomic E-state index is -2.80. The van der Waals surface area contributed by atoms with Gasteiger partial charge < -0.3 is 5.32 Å². The number of rotatable bonds is 2. The van der Waals surface area contributed by atoms with Gasteiger partial charge in [-0.3, -0.25) is 0 Å². The van der Waals surface area contributed by atoms with Crippen molar-refractivity contribution in [3.05, 3.63) is 29.3 Å². The summed E-state index contributed by atoms with van der Waals surface area (Å²) in [5.74, 6) is 0.579. The molecule has 0 aromatic heterocycles. The molecule has 0 amide bonds. The molecule has 2 rings (SSSR count). The first-order valence-corrected chi connectivity index (χ1v) is 7.33. The normalized spacial score (nSPS) is 23.2. The maximum atomic E-state index is 11.3. The Kier molecular flexibility index (Phi) is 2.93. The molecule has 1 atom stereocenters. The predicted octanol–water partition coefficient (Wildman–Crippen LogP) is 1.90. The Morgan fingerprint density at radius 3 is 2.69 bits per heavy atom. The lowest BCUT2D eigenvalue weighted by atomic mass is 10.1. The summed E-state index contributed by atoms with van der Waals surface area (Å²) in [4.78, 5) is 0. The smallest absolute Gasteiger partial charge is 0.152 e. The molecule has 1 unspecified atom stereocenters. The van der Waals surface area contributed by atoms with Crippen molar-refractivity contribution in [3.63, 3.8) is 0 Å². The highest BCUT2D eigenvalue weighted by Gasteiger charge is 2.27. The molecule has 0 saturated carbocycles. The van der Waals surface area contributed by atoms with Crippen LogP contribution in [0.5, 0.6) is 0 Å². The Balaban J connectivity index is 2.13. The molecule has 1 N–H and O–H groups in total. The van der Waals surface area contributed by atoms with Gasteiger partial charge >= 0.3 is 0 Å². The standard InChI is InChI=1S/C12H17NO2S/c1-9-3-4-10(2)12(7-9)13-11-5-6-16(14,15)8-11/h3-4,7,11,13H,5-6,8H2,1-2H3. The fourth-order valence-corrected chi connectivity index (χ4v) is 3.69. The Hall–Kier alpha value is -1.03. The number of hydrogen-bond acceptors (Lipinski definition) is 3. The van der Waals surface area contributed by atoms with Gasteiger partial charge in [0.2, 0.25) is 0 Å². The van der Waals surface area contributed by atoms with Crippen LogP contribution in [-0.4, -0.2) is 26.0 Å². The third-order valence-electron chi connectivity index (χ3n) is 2.99. The summed E-state index contributed by atoms with van der Waals surface area (Å²) < 4.78 is 22.7. The van der Waals surface area contributed by atoms with Gasteiger partial charge in [0.25, 0.3) is 0 Å². The van der Waals surface area contributed by atoms with Gasteiger partial charge in [0.1, 0.15) is 0 Å². The first-order chi connectivity index (χ1) is 7.46. The minimum Gasteiger partial charge on any atom is -0.381 e. The number of benzene rings is 1. The second-order valence-electron chi connectivity index (χ2n) is 4.56. The van der Waals surface area contributed by atoms with E-state index in [0.29, 0.717) is 5.75 Å². The zero-order valence-corrected chi connectivity index (χ0v) is 10.5. The van der Waals surface area contributed by atoms with Crippen LogP contribution in [0.2, 0.25) is 0 Å². The summed E-state index contributed by atoms with van der Waals surface area (Å²) in [6.45, 7) is 4.07. The van der Waals surface area contributed by atoms with E-state index in [2.05, 4.69) is 23.5 Å². The van der Waals surface area contributed by atoms with E-state index >= 15 is 0 Å². The van der Waals surface area contributed by atoms with Crippen molar-refractivity contribution >= 4 is 15.5 Å². The Labute approximate surface area is 96.8 Å². The molecular weight excluding hydrogens is 222 g/mol. The van der Waals surface area contributed by atoms with E-state index in [1.165, 1.54) is 5.56 Å². The highest BCUT2D eigenvalue weighted by Crippen LogP contribution is 2.21. The lowest BCUT2D eigenvalue weighted by Crippen LogP contribution is -2.21. The number of sulfone groups is 1. The third-order valence-corrected chi connectivity index (χ3v) is 4.75.